The van der Waals surface area contributed by atoms with Crippen molar-refractivity contribution in [3.63, 3.8) is 0 Å². The lowest BCUT2D eigenvalue weighted by Crippen LogP contribution is -2.32. The number of para-hydroxylation sites is 3. The van der Waals surface area contributed by atoms with Gasteiger partial charge in [0.1, 0.15) is 12.2 Å². The summed E-state index contributed by atoms with van der Waals surface area (Å²) in [6.07, 6.45) is 2.79. The number of fused-ring (bicyclic) bond motifs is 3. The summed E-state index contributed by atoms with van der Waals surface area (Å²) in [6.45, 7) is 2.15. The predicted octanol–water partition coefficient (Wildman–Crippen LogP) is 4.87. The van der Waals surface area contributed by atoms with E-state index in [2.05, 4.69) is 51.6 Å². The zero-order valence-electron chi connectivity index (χ0n) is 19.6. The van der Waals surface area contributed by atoms with Crippen LogP contribution in [-0.4, -0.2) is 36.0 Å². The van der Waals surface area contributed by atoms with Crippen LogP contribution >= 0.6 is 0 Å². The second-order valence-corrected chi connectivity index (χ2v) is 8.99. The number of rotatable bonds is 5. The number of aromatic nitrogens is 6. The van der Waals surface area contributed by atoms with Crippen molar-refractivity contribution in [1.29, 1.82) is 0 Å². The molecule has 0 radical (unpaired) electrons. The number of hydrogen-bond acceptors (Lipinski definition) is 6. The van der Waals surface area contributed by atoms with E-state index in [0.29, 0.717) is 18.3 Å². The van der Waals surface area contributed by atoms with E-state index in [-0.39, 0.29) is 0 Å². The van der Waals surface area contributed by atoms with E-state index in [0.717, 1.165) is 53.2 Å². The second-order valence-electron chi connectivity index (χ2n) is 8.99. The molecule has 0 bridgehead atoms. The van der Waals surface area contributed by atoms with Crippen LogP contribution in [0.2, 0.25) is 0 Å². The van der Waals surface area contributed by atoms with Crippen molar-refractivity contribution in [2.75, 3.05) is 16.8 Å². The largest absolute Gasteiger partial charge is 0.361 e. The van der Waals surface area contributed by atoms with E-state index in [1.54, 1.807) is 0 Å². The predicted molar refractivity (Wildman–Crippen MR) is 141 cm³/mol. The van der Waals surface area contributed by atoms with Crippen molar-refractivity contribution in [3.05, 3.63) is 102 Å². The maximum atomic E-state index is 5.01. The second kappa shape index (κ2) is 8.49. The molecule has 0 spiro atoms. The van der Waals surface area contributed by atoms with E-state index < -0.39 is 0 Å². The van der Waals surface area contributed by atoms with Gasteiger partial charge in [0.25, 0.3) is 0 Å². The molecule has 0 aliphatic carbocycles. The van der Waals surface area contributed by atoms with Gasteiger partial charge in [-0.05, 0) is 41.8 Å². The smallest absolute Gasteiger partial charge is 0.229 e. The molecule has 0 saturated carbocycles. The lowest BCUT2D eigenvalue weighted by molar-refractivity contribution is 0.709. The first-order valence-electron chi connectivity index (χ1n) is 12.1. The maximum Gasteiger partial charge on any atom is 0.229 e. The van der Waals surface area contributed by atoms with E-state index >= 15 is 0 Å². The van der Waals surface area contributed by atoms with Crippen molar-refractivity contribution in [1.82, 2.24) is 29.5 Å². The van der Waals surface area contributed by atoms with Gasteiger partial charge in [0.15, 0.2) is 17.0 Å². The van der Waals surface area contributed by atoms with Crippen LogP contribution in [-0.2, 0) is 19.5 Å². The molecule has 6 aromatic rings. The van der Waals surface area contributed by atoms with E-state index in [4.69, 9.17) is 19.9 Å². The summed E-state index contributed by atoms with van der Waals surface area (Å²) in [5.74, 6) is 2.24. The fourth-order valence-electron chi connectivity index (χ4n) is 4.85. The average molecular weight is 473 g/mol. The molecule has 2 N–H and O–H groups in total. The van der Waals surface area contributed by atoms with Gasteiger partial charge in [-0.2, -0.15) is 9.97 Å². The van der Waals surface area contributed by atoms with Crippen molar-refractivity contribution >= 4 is 34.0 Å². The molecule has 1 aliphatic rings. The highest BCUT2D eigenvalue weighted by molar-refractivity contribution is 5.85. The first-order chi connectivity index (χ1) is 17.8. The van der Waals surface area contributed by atoms with Gasteiger partial charge in [0, 0.05) is 18.8 Å². The van der Waals surface area contributed by atoms with Gasteiger partial charge >= 0.3 is 0 Å². The molecule has 7 rings (SSSR count). The van der Waals surface area contributed by atoms with E-state index in [9.17, 15) is 0 Å². The van der Waals surface area contributed by atoms with Crippen LogP contribution in [0.3, 0.4) is 0 Å². The van der Waals surface area contributed by atoms with Gasteiger partial charge in [-0.25, -0.2) is 9.97 Å². The normalized spacial score (nSPS) is 13.3. The summed E-state index contributed by atoms with van der Waals surface area (Å²) < 4.78 is 2.02. The summed E-state index contributed by atoms with van der Waals surface area (Å²) >= 11 is 0. The first-order valence-corrected chi connectivity index (χ1v) is 12.1. The topological polar surface area (TPSA) is 87.5 Å². The highest BCUT2D eigenvalue weighted by atomic mass is 15.3. The molecule has 8 heteroatoms. The molecule has 176 valence electrons. The molecule has 3 aromatic heterocycles. The van der Waals surface area contributed by atoms with Crippen LogP contribution in [0.1, 0.15) is 17.0 Å². The molecule has 4 heterocycles. The minimum absolute atomic E-state index is 0.501. The van der Waals surface area contributed by atoms with Crippen LogP contribution in [0.25, 0.3) is 27.9 Å². The zero-order valence-corrected chi connectivity index (χ0v) is 19.6. The maximum absolute atomic E-state index is 5.01. The SMILES string of the molecule is c1ccc(-n2cnc3c(NCc4nc5ccccc5[nH]4)nc(N4CCc5ccccc5C4)nc32)cc1. The standard InChI is InChI=1S/C28H24N8/c1-2-10-21(11-3-1)36-18-30-25-26(29-16-24-31-22-12-6-7-13-23(22)32-24)33-28(34-27(25)36)35-15-14-19-8-4-5-9-20(19)17-35/h1-13,18H,14-17H2,(H,31,32)(H,29,33,34). The third kappa shape index (κ3) is 3.63. The van der Waals surface area contributed by atoms with Crippen LogP contribution in [0, 0.1) is 0 Å². The monoisotopic (exact) mass is 472 g/mol. The van der Waals surface area contributed by atoms with Crippen LogP contribution in [0.15, 0.2) is 85.2 Å². The molecule has 0 fully saturated rings. The molecular formula is C28H24N8. The molecule has 3 aromatic carbocycles. The minimum Gasteiger partial charge on any atom is -0.361 e. The Morgan fingerprint density at radius 1 is 0.833 bits per heavy atom. The number of nitrogens with one attached hydrogen (secondary N) is 2. The summed E-state index contributed by atoms with van der Waals surface area (Å²) in [6, 6.07) is 26.8. The molecule has 0 saturated heterocycles. The molecule has 0 atom stereocenters. The number of benzene rings is 3. The lowest BCUT2D eigenvalue weighted by Gasteiger charge is -2.29. The van der Waals surface area contributed by atoms with Crippen LogP contribution < -0.4 is 10.2 Å². The van der Waals surface area contributed by atoms with Gasteiger partial charge in [-0.1, -0.05) is 54.6 Å². The summed E-state index contributed by atoms with van der Waals surface area (Å²) in [5.41, 5.74) is 7.20. The van der Waals surface area contributed by atoms with Crippen molar-refractivity contribution in [3.8, 4) is 5.69 Å². The number of H-pyrrole nitrogens is 1. The number of anilines is 2. The molecule has 1 aliphatic heterocycles. The number of hydrogen-bond donors (Lipinski definition) is 2. The van der Waals surface area contributed by atoms with Gasteiger partial charge < -0.3 is 15.2 Å². The van der Waals surface area contributed by atoms with Gasteiger partial charge in [0.2, 0.25) is 5.95 Å². The Morgan fingerprint density at radius 3 is 2.53 bits per heavy atom. The van der Waals surface area contributed by atoms with Crippen molar-refractivity contribution in [2.24, 2.45) is 0 Å². The Bertz CT molecular complexity index is 1650. The molecule has 8 nitrogen and oxygen atoms in total. The van der Waals surface area contributed by atoms with E-state index in [1.165, 1.54) is 11.1 Å². The Hall–Kier alpha value is -4.72. The summed E-state index contributed by atoms with van der Waals surface area (Å²) in [4.78, 5) is 25.0. The van der Waals surface area contributed by atoms with Crippen molar-refractivity contribution < 1.29 is 0 Å². The third-order valence-corrected chi connectivity index (χ3v) is 6.69. The Morgan fingerprint density at radius 2 is 1.64 bits per heavy atom. The Labute approximate surface area is 207 Å². The fourth-order valence-corrected chi connectivity index (χ4v) is 4.85. The number of imidazole rings is 2. The van der Waals surface area contributed by atoms with E-state index in [1.807, 2.05) is 53.4 Å². The number of nitrogens with zero attached hydrogens (tertiary/aromatic N) is 6. The quantitative estimate of drug-likeness (QED) is 0.372. The third-order valence-electron chi connectivity index (χ3n) is 6.69. The van der Waals surface area contributed by atoms with Crippen LogP contribution in [0.4, 0.5) is 11.8 Å². The van der Waals surface area contributed by atoms with Gasteiger partial charge in [-0.3, -0.25) is 4.57 Å². The van der Waals surface area contributed by atoms with Crippen LogP contribution in [0.5, 0.6) is 0 Å². The highest BCUT2D eigenvalue weighted by Gasteiger charge is 2.22. The highest BCUT2D eigenvalue weighted by Crippen LogP contribution is 2.28. The van der Waals surface area contributed by atoms with Gasteiger partial charge in [-0.15, -0.1) is 0 Å². The Kier molecular flexibility index (Phi) is 4.87. The number of aromatic amines is 1. The minimum atomic E-state index is 0.501. The molecule has 0 amide bonds. The lowest BCUT2D eigenvalue weighted by atomic mass is 10.0. The molecule has 36 heavy (non-hydrogen) atoms. The zero-order chi connectivity index (χ0) is 23.9. The summed E-state index contributed by atoms with van der Waals surface area (Å²) in [5, 5.41) is 3.48. The average Bonchev–Trinajstić information content (AvgIpc) is 3.56. The van der Waals surface area contributed by atoms with Crippen molar-refractivity contribution in [2.45, 2.75) is 19.5 Å². The van der Waals surface area contributed by atoms with Gasteiger partial charge in [0.05, 0.1) is 17.6 Å². The molecule has 0 unspecified atom stereocenters. The fraction of sp³-hybridized carbons (Fsp3) is 0.143. The summed E-state index contributed by atoms with van der Waals surface area (Å²) in [7, 11) is 0. The molecular weight excluding hydrogens is 448 g/mol. The Balaban J connectivity index is 1.29. The first kappa shape index (κ1) is 20.6.